The summed E-state index contributed by atoms with van der Waals surface area (Å²) >= 11 is 8.58. The molecule has 0 spiro atoms. The van der Waals surface area contributed by atoms with Crippen LogP contribution in [0.3, 0.4) is 0 Å². The highest BCUT2D eigenvalue weighted by Crippen LogP contribution is 2.18. The first-order valence-electron chi connectivity index (χ1n) is 8.11. The van der Waals surface area contributed by atoms with E-state index in [1.54, 1.807) is 47.3 Å². The monoisotopic (exact) mass is 489 g/mol. The van der Waals surface area contributed by atoms with Crippen LogP contribution in [0.2, 0.25) is 0 Å². The Morgan fingerprint density at radius 3 is 2.59 bits per heavy atom. The first kappa shape index (κ1) is 22.0. The average molecular weight is 490 g/mol. The molecule has 0 saturated carbocycles. The fraction of sp³-hybridized carbons (Fsp3) is 0.375. The molecule has 0 aliphatic heterocycles. The molecule has 0 saturated heterocycles. The number of thiazole rings is 1. The fourth-order valence-electron chi connectivity index (χ4n) is 1.95. The molecule has 7 nitrogen and oxygen atoms in total. The summed E-state index contributed by atoms with van der Waals surface area (Å²) in [5.74, 6) is 3.76. The van der Waals surface area contributed by atoms with Crippen LogP contribution in [0.1, 0.15) is 10.7 Å². The van der Waals surface area contributed by atoms with E-state index in [1.165, 1.54) is 0 Å². The maximum absolute atomic E-state index is 10.8. The molecule has 0 atom stereocenters. The number of hydrogen-bond donors (Lipinski definition) is 2. The molecule has 0 radical (unpaired) electrons. The molecule has 146 valence electrons. The lowest BCUT2D eigenvalue weighted by Gasteiger charge is -2.11. The first-order valence-corrected chi connectivity index (χ1v) is 12.1. The van der Waals surface area contributed by atoms with E-state index < -0.39 is 4.92 Å². The Labute approximate surface area is 179 Å². The van der Waals surface area contributed by atoms with Gasteiger partial charge >= 0.3 is 0 Å². The molecule has 2 rings (SSSR count). The second-order valence-corrected chi connectivity index (χ2v) is 9.19. The van der Waals surface area contributed by atoms with E-state index in [0.29, 0.717) is 18.9 Å². The van der Waals surface area contributed by atoms with Gasteiger partial charge in [0.1, 0.15) is 5.01 Å². The van der Waals surface area contributed by atoms with Gasteiger partial charge in [-0.3, -0.25) is 15.1 Å². The number of aromatic nitrogens is 2. The van der Waals surface area contributed by atoms with Crippen molar-refractivity contribution in [2.75, 3.05) is 24.6 Å². The number of nitrogens with zero attached hydrogens (tertiary/aromatic N) is 3. The molecule has 0 unspecified atom stereocenters. The van der Waals surface area contributed by atoms with E-state index in [2.05, 4.69) is 36.5 Å². The Morgan fingerprint density at radius 1 is 1.22 bits per heavy atom. The summed E-state index contributed by atoms with van der Waals surface area (Å²) in [6.07, 6.45) is 4.55. The minimum absolute atomic E-state index is 0.439. The highest BCUT2D eigenvalue weighted by Gasteiger charge is 2.04. The molecule has 0 aliphatic rings. The lowest BCUT2D eigenvalue weighted by molar-refractivity contribution is -0.404. The summed E-state index contributed by atoms with van der Waals surface area (Å²) in [6, 6.07) is 3.85. The molecule has 2 N–H and O–H groups in total. The predicted molar refractivity (Wildman–Crippen MR) is 117 cm³/mol. The number of thioether (sulfide) groups is 2. The van der Waals surface area contributed by atoms with E-state index in [9.17, 15) is 10.1 Å². The minimum atomic E-state index is -0.448. The maximum atomic E-state index is 10.8. The zero-order valence-corrected chi connectivity index (χ0v) is 18.5. The van der Waals surface area contributed by atoms with Crippen LogP contribution in [-0.2, 0) is 11.5 Å². The van der Waals surface area contributed by atoms with Crippen LogP contribution >= 0.6 is 50.8 Å². The summed E-state index contributed by atoms with van der Waals surface area (Å²) < 4.78 is 0.997. The van der Waals surface area contributed by atoms with Crippen molar-refractivity contribution in [2.24, 2.45) is 0 Å². The topological polar surface area (TPSA) is 93.0 Å². The number of rotatable bonds is 13. The van der Waals surface area contributed by atoms with Crippen LogP contribution in [-0.4, -0.2) is 39.5 Å². The standard InChI is InChI=1S/C16H20BrN5O2S3/c17-13-2-1-3-18-14(13)11-25-7-4-19-15(10-22(23)24)20-5-8-26-12-16-21-6-9-27-16/h1-3,6,9-10,19-20H,4-5,7-8,11-12H2. The highest BCUT2D eigenvalue weighted by atomic mass is 79.9. The third-order valence-electron chi connectivity index (χ3n) is 3.14. The summed E-state index contributed by atoms with van der Waals surface area (Å²) in [6.45, 7) is 1.28. The molecular formula is C16H20BrN5O2S3. The van der Waals surface area contributed by atoms with Crippen LogP contribution in [0, 0.1) is 10.1 Å². The van der Waals surface area contributed by atoms with E-state index in [0.717, 1.165) is 44.4 Å². The number of pyridine rings is 1. The van der Waals surface area contributed by atoms with Crippen molar-refractivity contribution in [3.05, 3.63) is 67.2 Å². The van der Waals surface area contributed by atoms with E-state index in [1.807, 2.05) is 17.5 Å². The van der Waals surface area contributed by atoms with E-state index in [-0.39, 0.29) is 0 Å². The quantitative estimate of drug-likeness (QED) is 0.249. The minimum Gasteiger partial charge on any atom is -0.366 e. The van der Waals surface area contributed by atoms with E-state index >= 15 is 0 Å². The Bertz CT molecular complexity index is 731. The number of nitrogens with one attached hydrogen (secondary N) is 2. The van der Waals surface area contributed by atoms with Crippen LogP contribution in [0.15, 0.2) is 46.4 Å². The second kappa shape index (κ2) is 13.0. The lowest BCUT2D eigenvalue weighted by Crippen LogP contribution is -2.30. The zero-order chi connectivity index (χ0) is 19.3. The SMILES string of the molecule is O=[N+]([O-])C=C(NCCSCc1nccs1)NCCSCc1ncccc1Br. The van der Waals surface area contributed by atoms with Gasteiger partial charge in [0.2, 0.25) is 0 Å². The molecule has 11 heteroatoms. The van der Waals surface area contributed by atoms with Gasteiger partial charge in [0.25, 0.3) is 6.20 Å². The van der Waals surface area contributed by atoms with Gasteiger partial charge in [-0.15, -0.1) is 11.3 Å². The van der Waals surface area contributed by atoms with E-state index in [4.69, 9.17) is 0 Å². The Balaban J connectivity index is 1.62. The molecule has 0 aliphatic carbocycles. The van der Waals surface area contributed by atoms with Crippen molar-refractivity contribution < 1.29 is 4.92 Å². The normalized spacial score (nSPS) is 11.4. The van der Waals surface area contributed by atoms with Gasteiger partial charge in [0, 0.05) is 58.3 Å². The smallest absolute Gasteiger partial charge is 0.274 e. The highest BCUT2D eigenvalue weighted by molar-refractivity contribution is 9.10. The molecule has 2 aromatic heterocycles. The van der Waals surface area contributed by atoms with Crippen LogP contribution in [0.25, 0.3) is 0 Å². The fourth-order valence-corrected chi connectivity index (χ4v) is 4.91. The third kappa shape index (κ3) is 9.45. The van der Waals surface area contributed by atoms with Gasteiger partial charge in [-0.25, -0.2) is 4.98 Å². The molecule has 0 aromatic carbocycles. The summed E-state index contributed by atoms with van der Waals surface area (Å²) in [5, 5.41) is 20.0. The Kier molecular flexibility index (Phi) is 10.6. The molecule has 0 amide bonds. The molecule has 2 aromatic rings. The van der Waals surface area contributed by atoms with Crippen molar-refractivity contribution in [1.29, 1.82) is 0 Å². The van der Waals surface area contributed by atoms with Gasteiger partial charge in [-0.2, -0.15) is 23.5 Å². The Morgan fingerprint density at radius 2 is 1.96 bits per heavy atom. The largest absolute Gasteiger partial charge is 0.366 e. The molecule has 2 heterocycles. The number of halogens is 1. The van der Waals surface area contributed by atoms with Crippen molar-refractivity contribution in [1.82, 2.24) is 20.6 Å². The van der Waals surface area contributed by atoms with Gasteiger partial charge < -0.3 is 10.6 Å². The van der Waals surface area contributed by atoms with Crippen molar-refractivity contribution >= 4 is 50.8 Å². The predicted octanol–water partition coefficient (Wildman–Crippen LogP) is 3.72. The van der Waals surface area contributed by atoms with Crippen LogP contribution < -0.4 is 10.6 Å². The lowest BCUT2D eigenvalue weighted by atomic mass is 10.4. The van der Waals surface area contributed by atoms with Crippen molar-refractivity contribution in [3.8, 4) is 0 Å². The van der Waals surface area contributed by atoms with Crippen LogP contribution in [0.5, 0.6) is 0 Å². The third-order valence-corrected chi connectivity index (χ3v) is 6.77. The molecule has 27 heavy (non-hydrogen) atoms. The molecular weight excluding hydrogens is 470 g/mol. The van der Waals surface area contributed by atoms with Crippen molar-refractivity contribution in [3.63, 3.8) is 0 Å². The summed E-state index contributed by atoms with van der Waals surface area (Å²) in [7, 11) is 0. The zero-order valence-electron chi connectivity index (χ0n) is 14.5. The first-order chi connectivity index (χ1) is 13.1. The number of hydrogen-bond acceptors (Lipinski definition) is 9. The van der Waals surface area contributed by atoms with Gasteiger partial charge in [0.05, 0.1) is 10.6 Å². The average Bonchev–Trinajstić information content (AvgIpc) is 3.15. The second-order valence-electron chi connectivity index (χ2n) is 5.14. The maximum Gasteiger partial charge on any atom is 0.274 e. The van der Waals surface area contributed by atoms with Gasteiger partial charge in [-0.1, -0.05) is 0 Å². The molecule has 0 fully saturated rings. The Hall–Kier alpha value is -1.30. The summed E-state index contributed by atoms with van der Waals surface area (Å²) in [5.41, 5.74) is 0.999. The van der Waals surface area contributed by atoms with Gasteiger partial charge in [-0.05, 0) is 28.1 Å². The molecule has 0 bridgehead atoms. The number of nitro groups is 1. The van der Waals surface area contributed by atoms with Crippen LogP contribution in [0.4, 0.5) is 0 Å². The van der Waals surface area contributed by atoms with Crippen molar-refractivity contribution in [2.45, 2.75) is 11.5 Å². The summed E-state index contributed by atoms with van der Waals surface area (Å²) in [4.78, 5) is 18.9. The van der Waals surface area contributed by atoms with Gasteiger partial charge in [0.15, 0.2) is 5.82 Å².